The van der Waals surface area contributed by atoms with E-state index in [2.05, 4.69) is 30.7 Å². The SMILES string of the molecule is Cc1cc(N2CC3CCC[C@@H](Nc4nc5c(OCC6(C(F)(F)F)CC6)ccc(C(F)(F)F)n5n4)[C@@H]3C2)sn1. The van der Waals surface area contributed by atoms with Crippen LogP contribution >= 0.6 is 11.5 Å². The largest absolute Gasteiger partial charge is 0.489 e. The lowest BCUT2D eigenvalue weighted by atomic mass is 9.78. The van der Waals surface area contributed by atoms with E-state index >= 15 is 0 Å². The fourth-order valence-electron chi connectivity index (χ4n) is 5.70. The molecule has 1 aliphatic heterocycles. The fourth-order valence-corrected chi connectivity index (χ4v) is 6.48. The number of aromatic nitrogens is 4. The molecular weight excluding hydrogens is 534 g/mol. The van der Waals surface area contributed by atoms with Crippen LogP contribution in [0.15, 0.2) is 18.2 Å². The summed E-state index contributed by atoms with van der Waals surface area (Å²) in [6, 6.07) is 3.78. The minimum atomic E-state index is -4.74. The van der Waals surface area contributed by atoms with Crippen LogP contribution < -0.4 is 15.0 Å². The van der Waals surface area contributed by atoms with Crippen LogP contribution in [0.5, 0.6) is 5.75 Å². The molecule has 0 spiro atoms. The predicted molar refractivity (Wildman–Crippen MR) is 129 cm³/mol. The first-order valence-corrected chi connectivity index (χ1v) is 13.3. The van der Waals surface area contributed by atoms with E-state index < -0.39 is 30.1 Å². The maximum atomic E-state index is 13.7. The molecule has 3 aromatic heterocycles. The highest BCUT2D eigenvalue weighted by Gasteiger charge is 2.64. The van der Waals surface area contributed by atoms with Gasteiger partial charge in [0.15, 0.2) is 11.4 Å². The van der Waals surface area contributed by atoms with Gasteiger partial charge in [-0.3, -0.25) is 0 Å². The maximum Gasteiger partial charge on any atom is 0.433 e. The normalized spacial score (nSPS) is 25.0. The lowest BCUT2D eigenvalue weighted by Crippen LogP contribution is -2.37. The Balaban J connectivity index is 1.26. The number of halogens is 6. The van der Waals surface area contributed by atoms with E-state index in [0.29, 0.717) is 10.4 Å². The third-order valence-corrected chi connectivity index (χ3v) is 8.98. The van der Waals surface area contributed by atoms with Crippen molar-refractivity contribution in [2.24, 2.45) is 17.3 Å². The van der Waals surface area contributed by atoms with Crippen LogP contribution in [0, 0.1) is 24.2 Å². The summed E-state index contributed by atoms with van der Waals surface area (Å²) in [6.07, 6.45) is -6.49. The molecule has 3 fully saturated rings. The van der Waals surface area contributed by atoms with Gasteiger partial charge in [-0.25, -0.2) is 4.52 Å². The van der Waals surface area contributed by atoms with Crippen LogP contribution in [0.4, 0.5) is 37.3 Å². The fraction of sp³-hybridized carbons (Fsp3) is 0.625. The van der Waals surface area contributed by atoms with Gasteiger partial charge in [0, 0.05) is 25.0 Å². The second-order valence-corrected chi connectivity index (χ2v) is 11.4. The van der Waals surface area contributed by atoms with Crippen molar-refractivity contribution in [1.29, 1.82) is 0 Å². The van der Waals surface area contributed by atoms with E-state index in [0.717, 1.165) is 55.2 Å². The lowest BCUT2D eigenvalue weighted by Gasteiger charge is -2.32. The van der Waals surface area contributed by atoms with Crippen molar-refractivity contribution < 1.29 is 31.1 Å². The Morgan fingerprint density at radius 1 is 1.13 bits per heavy atom. The van der Waals surface area contributed by atoms with Gasteiger partial charge >= 0.3 is 12.4 Å². The number of fused-ring (bicyclic) bond motifs is 2. The predicted octanol–water partition coefficient (Wildman–Crippen LogP) is 5.95. The van der Waals surface area contributed by atoms with Crippen LogP contribution in [-0.2, 0) is 6.18 Å². The van der Waals surface area contributed by atoms with Crippen molar-refractivity contribution in [2.75, 3.05) is 29.9 Å². The number of anilines is 2. The molecule has 1 saturated heterocycles. The highest BCUT2D eigenvalue weighted by atomic mass is 32.1. The van der Waals surface area contributed by atoms with Gasteiger partial charge in [-0.05, 0) is 68.3 Å². The number of ether oxygens (including phenoxy) is 1. The first kappa shape index (κ1) is 25.5. The van der Waals surface area contributed by atoms with Crippen molar-refractivity contribution in [2.45, 2.75) is 57.4 Å². The molecule has 14 heteroatoms. The van der Waals surface area contributed by atoms with Gasteiger partial charge in [0.05, 0.1) is 5.69 Å². The van der Waals surface area contributed by atoms with E-state index in [9.17, 15) is 26.3 Å². The molecule has 6 rings (SSSR count). The van der Waals surface area contributed by atoms with Crippen LogP contribution in [0.25, 0.3) is 5.65 Å². The molecule has 4 heterocycles. The minimum Gasteiger partial charge on any atom is -0.489 e. The highest BCUT2D eigenvalue weighted by Crippen LogP contribution is 2.57. The average Bonchev–Trinajstić information content (AvgIpc) is 3.15. The van der Waals surface area contributed by atoms with Gasteiger partial charge in [0.25, 0.3) is 0 Å². The number of pyridine rings is 1. The maximum absolute atomic E-state index is 13.7. The van der Waals surface area contributed by atoms with Crippen LogP contribution in [0.1, 0.15) is 43.5 Å². The summed E-state index contributed by atoms with van der Waals surface area (Å²) in [5, 5.41) is 8.44. The Morgan fingerprint density at radius 2 is 1.92 bits per heavy atom. The van der Waals surface area contributed by atoms with E-state index in [1.54, 1.807) is 0 Å². The molecule has 0 aromatic carbocycles. The Bertz CT molecular complexity index is 1330. The topological polar surface area (TPSA) is 67.6 Å². The minimum absolute atomic E-state index is 0.00115. The van der Waals surface area contributed by atoms with E-state index in [1.165, 1.54) is 11.5 Å². The number of nitrogens with zero attached hydrogens (tertiary/aromatic N) is 5. The first-order chi connectivity index (χ1) is 17.9. The zero-order valence-electron chi connectivity index (χ0n) is 20.4. The van der Waals surface area contributed by atoms with Crippen molar-refractivity contribution in [3.05, 3.63) is 29.6 Å². The molecule has 206 valence electrons. The quantitative estimate of drug-likeness (QED) is 0.376. The molecule has 2 aliphatic carbocycles. The number of nitrogens with one attached hydrogen (secondary N) is 1. The molecule has 0 bridgehead atoms. The van der Waals surface area contributed by atoms with Gasteiger partial charge in [-0.15, -0.1) is 5.10 Å². The Hall–Kier alpha value is -2.77. The number of alkyl halides is 6. The summed E-state index contributed by atoms with van der Waals surface area (Å²) in [6.45, 7) is 2.95. The standard InChI is InChI=1S/C24H26F6N6OS/c1-13-9-19(38-34-13)35-10-14-3-2-4-16(15(14)11-35)31-21-32-20-17(37-12-22(7-8-22)24(28,29)30)5-6-18(23(25,26)27)36(20)33-21/h5-6,9,14-16H,2-4,7-8,10-12H2,1H3,(H,31,33)/t14?,15-,16-/m1/s1. The number of rotatable bonds is 6. The molecule has 2 saturated carbocycles. The lowest BCUT2D eigenvalue weighted by molar-refractivity contribution is -0.194. The summed E-state index contributed by atoms with van der Waals surface area (Å²) in [5.74, 6) is 0.504. The molecular formula is C24H26F6N6OS. The van der Waals surface area contributed by atoms with Crippen LogP contribution in [0.3, 0.4) is 0 Å². The van der Waals surface area contributed by atoms with E-state index in [1.807, 2.05) is 6.92 Å². The van der Waals surface area contributed by atoms with Gasteiger partial charge < -0.3 is 15.0 Å². The van der Waals surface area contributed by atoms with Crippen LogP contribution in [-0.4, -0.2) is 50.9 Å². The number of aryl methyl sites for hydroxylation is 1. The molecule has 3 atom stereocenters. The summed E-state index contributed by atoms with van der Waals surface area (Å²) in [4.78, 5) is 6.58. The molecule has 1 unspecified atom stereocenters. The summed E-state index contributed by atoms with van der Waals surface area (Å²) >= 11 is 1.45. The molecule has 1 N–H and O–H groups in total. The summed E-state index contributed by atoms with van der Waals surface area (Å²) in [5.41, 5.74) is -2.34. The van der Waals surface area contributed by atoms with Gasteiger partial charge in [0.2, 0.25) is 5.95 Å². The van der Waals surface area contributed by atoms with Crippen molar-refractivity contribution in [3.63, 3.8) is 0 Å². The molecule has 7 nitrogen and oxygen atoms in total. The van der Waals surface area contributed by atoms with E-state index in [-0.39, 0.29) is 42.1 Å². The molecule has 3 aromatic rings. The zero-order valence-corrected chi connectivity index (χ0v) is 21.3. The highest BCUT2D eigenvalue weighted by molar-refractivity contribution is 7.10. The first-order valence-electron chi connectivity index (χ1n) is 12.5. The molecule has 0 radical (unpaired) electrons. The Morgan fingerprint density at radius 3 is 2.58 bits per heavy atom. The van der Waals surface area contributed by atoms with E-state index in [4.69, 9.17) is 4.74 Å². The average molecular weight is 561 g/mol. The Labute approximate surface area is 218 Å². The smallest absolute Gasteiger partial charge is 0.433 e. The summed E-state index contributed by atoms with van der Waals surface area (Å²) in [7, 11) is 0. The third-order valence-electron chi connectivity index (χ3n) is 8.04. The summed E-state index contributed by atoms with van der Waals surface area (Å²) < 4.78 is 91.7. The number of hydrogen-bond donors (Lipinski definition) is 1. The molecule has 3 aliphatic rings. The number of hydrogen-bond acceptors (Lipinski definition) is 7. The van der Waals surface area contributed by atoms with Crippen molar-refractivity contribution >= 4 is 28.1 Å². The molecule has 38 heavy (non-hydrogen) atoms. The monoisotopic (exact) mass is 560 g/mol. The van der Waals surface area contributed by atoms with Gasteiger partial charge in [-0.2, -0.15) is 35.7 Å². The third kappa shape index (κ3) is 4.54. The second kappa shape index (κ2) is 8.88. The van der Waals surface area contributed by atoms with Crippen LogP contribution in [0.2, 0.25) is 0 Å². The Kier molecular flexibility index (Phi) is 5.96. The zero-order chi connectivity index (χ0) is 26.9. The van der Waals surface area contributed by atoms with Crippen molar-refractivity contribution in [3.8, 4) is 5.75 Å². The second-order valence-electron chi connectivity index (χ2n) is 10.6. The van der Waals surface area contributed by atoms with Gasteiger partial charge in [-0.1, -0.05) is 6.42 Å². The van der Waals surface area contributed by atoms with Crippen molar-refractivity contribution in [1.82, 2.24) is 19.0 Å². The van der Waals surface area contributed by atoms with Gasteiger partial charge in [0.1, 0.15) is 22.7 Å². The molecule has 0 amide bonds.